The highest BCUT2D eigenvalue weighted by atomic mass is 16.5. The van der Waals surface area contributed by atoms with Crippen LogP contribution in [0.15, 0.2) is 30.3 Å². The molecule has 0 spiro atoms. The second-order valence-corrected chi connectivity index (χ2v) is 5.66. The number of aliphatic carboxylic acids is 1. The highest BCUT2D eigenvalue weighted by Crippen LogP contribution is 2.49. The normalized spacial score (nSPS) is 28.3. The Balaban J connectivity index is 1.90. The third kappa shape index (κ3) is 2.48. The van der Waals surface area contributed by atoms with Gasteiger partial charge in [0.15, 0.2) is 0 Å². The molecule has 0 unspecified atom stereocenters. The van der Waals surface area contributed by atoms with E-state index in [1.54, 1.807) is 13.8 Å². The smallest absolute Gasteiger partial charge is 0.407 e. The number of carboxylic acids is 1. The summed E-state index contributed by atoms with van der Waals surface area (Å²) in [6.45, 7) is 3.57. The van der Waals surface area contributed by atoms with Crippen molar-refractivity contribution < 1.29 is 19.4 Å². The van der Waals surface area contributed by atoms with E-state index >= 15 is 0 Å². The van der Waals surface area contributed by atoms with Crippen molar-refractivity contribution in [2.24, 2.45) is 5.41 Å². The molecule has 108 valence electrons. The van der Waals surface area contributed by atoms with Gasteiger partial charge in [0, 0.05) is 0 Å². The summed E-state index contributed by atoms with van der Waals surface area (Å²) in [5.74, 6) is -0.894. The SMILES string of the molecule is C[C@@]1(C(=O)O)CC[C@]1(C)NC(=O)OCc1ccccc1. The summed E-state index contributed by atoms with van der Waals surface area (Å²) in [6, 6.07) is 9.34. The van der Waals surface area contributed by atoms with Gasteiger partial charge in [-0.2, -0.15) is 0 Å². The van der Waals surface area contributed by atoms with Gasteiger partial charge in [-0.25, -0.2) is 4.79 Å². The zero-order valence-corrected chi connectivity index (χ0v) is 11.7. The van der Waals surface area contributed by atoms with E-state index in [9.17, 15) is 14.7 Å². The van der Waals surface area contributed by atoms with Crippen molar-refractivity contribution in [2.45, 2.75) is 38.8 Å². The molecule has 1 amide bonds. The van der Waals surface area contributed by atoms with Crippen molar-refractivity contribution in [3.8, 4) is 0 Å². The van der Waals surface area contributed by atoms with E-state index in [1.165, 1.54) is 0 Å². The number of carboxylic acid groups (broad SMARTS) is 1. The van der Waals surface area contributed by atoms with Gasteiger partial charge < -0.3 is 15.2 Å². The van der Waals surface area contributed by atoms with Crippen molar-refractivity contribution in [3.63, 3.8) is 0 Å². The molecule has 0 heterocycles. The maximum atomic E-state index is 11.8. The fourth-order valence-corrected chi connectivity index (χ4v) is 2.40. The molecule has 20 heavy (non-hydrogen) atoms. The number of nitrogens with one attached hydrogen (secondary N) is 1. The van der Waals surface area contributed by atoms with Crippen LogP contribution in [0.3, 0.4) is 0 Å². The minimum atomic E-state index is -0.932. The van der Waals surface area contributed by atoms with Gasteiger partial charge in [-0.15, -0.1) is 0 Å². The van der Waals surface area contributed by atoms with Crippen LogP contribution in [0.25, 0.3) is 0 Å². The van der Waals surface area contributed by atoms with Crippen molar-refractivity contribution in [3.05, 3.63) is 35.9 Å². The van der Waals surface area contributed by atoms with Gasteiger partial charge in [0.25, 0.3) is 0 Å². The lowest BCUT2D eigenvalue weighted by molar-refractivity contribution is -0.162. The predicted molar refractivity (Wildman–Crippen MR) is 73.1 cm³/mol. The van der Waals surface area contributed by atoms with E-state index in [4.69, 9.17) is 4.74 Å². The van der Waals surface area contributed by atoms with Crippen LogP contribution in [-0.2, 0) is 16.1 Å². The van der Waals surface area contributed by atoms with Gasteiger partial charge in [-0.1, -0.05) is 30.3 Å². The number of ether oxygens (including phenoxy) is 1. The van der Waals surface area contributed by atoms with Gasteiger partial charge in [-0.3, -0.25) is 4.79 Å². The largest absolute Gasteiger partial charge is 0.481 e. The summed E-state index contributed by atoms with van der Waals surface area (Å²) in [6.07, 6.45) is 0.608. The van der Waals surface area contributed by atoms with E-state index in [0.29, 0.717) is 12.8 Å². The van der Waals surface area contributed by atoms with E-state index in [0.717, 1.165) is 5.56 Å². The van der Waals surface area contributed by atoms with Gasteiger partial charge >= 0.3 is 12.1 Å². The van der Waals surface area contributed by atoms with Gasteiger partial charge in [0.05, 0.1) is 11.0 Å². The van der Waals surface area contributed by atoms with Crippen LogP contribution in [-0.4, -0.2) is 22.7 Å². The lowest BCUT2D eigenvalue weighted by Crippen LogP contribution is -2.67. The average Bonchev–Trinajstić information content (AvgIpc) is 2.44. The Bertz CT molecular complexity index is 516. The Kier molecular flexibility index (Phi) is 3.70. The first-order valence-corrected chi connectivity index (χ1v) is 6.60. The molecule has 1 aromatic rings. The minimum Gasteiger partial charge on any atom is -0.481 e. The van der Waals surface area contributed by atoms with Crippen LogP contribution in [0.1, 0.15) is 32.3 Å². The molecule has 0 radical (unpaired) electrons. The molecule has 0 bridgehead atoms. The molecule has 1 aliphatic rings. The average molecular weight is 277 g/mol. The topological polar surface area (TPSA) is 75.6 Å². The highest BCUT2D eigenvalue weighted by molar-refractivity contribution is 5.80. The number of alkyl carbamates (subject to hydrolysis) is 1. The summed E-state index contributed by atoms with van der Waals surface area (Å²) >= 11 is 0. The van der Waals surface area contributed by atoms with Crippen LogP contribution in [0, 0.1) is 5.41 Å². The maximum Gasteiger partial charge on any atom is 0.407 e. The van der Waals surface area contributed by atoms with Crippen molar-refractivity contribution in [2.75, 3.05) is 0 Å². The number of hydrogen-bond donors (Lipinski definition) is 2. The maximum absolute atomic E-state index is 11.8. The number of amides is 1. The molecule has 0 saturated heterocycles. The zero-order chi connectivity index (χ0) is 14.8. The van der Waals surface area contributed by atoms with E-state index < -0.39 is 23.0 Å². The fourth-order valence-electron chi connectivity index (χ4n) is 2.40. The summed E-state index contributed by atoms with van der Waals surface area (Å²) < 4.78 is 5.13. The Hall–Kier alpha value is -2.04. The first-order chi connectivity index (χ1) is 9.37. The summed E-state index contributed by atoms with van der Waals surface area (Å²) in [5.41, 5.74) is -0.798. The molecular weight excluding hydrogens is 258 g/mol. The van der Waals surface area contributed by atoms with Crippen molar-refractivity contribution >= 4 is 12.1 Å². The lowest BCUT2D eigenvalue weighted by Gasteiger charge is -2.52. The zero-order valence-electron chi connectivity index (χ0n) is 11.7. The monoisotopic (exact) mass is 277 g/mol. The molecule has 1 saturated carbocycles. The second kappa shape index (κ2) is 5.15. The van der Waals surface area contributed by atoms with Crippen LogP contribution in [0.5, 0.6) is 0 Å². The van der Waals surface area contributed by atoms with Crippen LogP contribution in [0.2, 0.25) is 0 Å². The third-order valence-corrected chi connectivity index (χ3v) is 4.41. The second-order valence-electron chi connectivity index (χ2n) is 5.66. The third-order valence-electron chi connectivity index (χ3n) is 4.41. The number of benzene rings is 1. The molecule has 0 aromatic heterocycles. The number of carbonyl (C=O) groups excluding carboxylic acids is 1. The molecule has 0 aliphatic heterocycles. The van der Waals surface area contributed by atoms with E-state index in [2.05, 4.69) is 5.32 Å². The first-order valence-electron chi connectivity index (χ1n) is 6.60. The molecular formula is C15H19NO4. The summed E-state index contributed by atoms with van der Waals surface area (Å²) in [4.78, 5) is 23.1. The molecule has 1 aliphatic carbocycles. The molecule has 1 aromatic carbocycles. The number of rotatable bonds is 4. The Morgan fingerprint density at radius 3 is 2.40 bits per heavy atom. The Labute approximate surface area is 117 Å². The van der Waals surface area contributed by atoms with Gasteiger partial charge in [0.2, 0.25) is 0 Å². The predicted octanol–water partition coefficient (Wildman–Crippen LogP) is 2.56. The van der Waals surface area contributed by atoms with Crippen LogP contribution >= 0.6 is 0 Å². The quantitative estimate of drug-likeness (QED) is 0.886. The molecule has 1 fully saturated rings. The summed E-state index contributed by atoms with van der Waals surface area (Å²) in [7, 11) is 0. The van der Waals surface area contributed by atoms with E-state index in [1.807, 2.05) is 30.3 Å². The summed E-state index contributed by atoms with van der Waals surface area (Å²) in [5, 5.41) is 11.9. The fraction of sp³-hybridized carbons (Fsp3) is 0.467. The lowest BCUT2D eigenvalue weighted by atomic mass is 9.56. The van der Waals surface area contributed by atoms with Gasteiger partial charge in [-0.05, 0) is 32.3 Å². The highest BCUT2D eigenvalue weighted by Gasteiger charge is 2.59. The molecule has 2 rings (SSSR count). The molecule has 5 heteroatoms. The number of hydrogen-bond acceptors (Lipinski definition) is 3. The Morgan fingerprint density at radius 2 is 1.90 bits per heavy atom. The van der Waals surface area contributed by atoms with Gasteiger partial charge in [0.1, 0.15) is 6.61 Å². The van der Waals surface area contributed by atoms with Crippen molar-refractivity contribution in [1.82, 2.24) is 5.32 Å². The first kappa shape index (κ1) is 14.4. The standard InChI is InChI=1S/C15H19NO4/c1-14(12(17)18)8-9-15(14,2)16-13(19)20-10-11-6-4-3-5-7-11/h3-7H,8-10H2,1-2H3,(H,16,19)(H,17,18)/t14-,15-/m0/s1. The number of carbonyl (C=O) groups is 2. The Morgan fingerprint density at radius 1 is 1.25 bits per heavy atom. The van der Waals surface area contributed by atoms with Crippen molar-refractivity contribution in [1.29, 1.82) is 0 Å². The van der Waals surface area contributed by atoms with Crippen LogP contribution < -0.4 is 5.32 Å². The molecule has 2 atom stereocenters. The molecule has 5 nitrogen and oxygen atoms in total. The van der Waals surface area contributed by atoms with Crippen LogP contribution in [0.4, 0.5) is 4.79 Å². The van der Waals surface area contributed by atoms with E-state index in [-0.39, 0.29) is 6.61 Å². The molecule has 2 N–H and O–H groups in total. The minimum absolute atomic E-state index is 0.173.